The smallest absolute Gasteiger partial charge is 0.746 e. The second-order valence-electron chi connectivity index (χ2n) is 4.53. The largest absolute Gasteiger partial charge is 1.00 e. The van der Waals surface area contributed by atoms with E-state index in [9.17, 15) is 22.9 Å². The molecule has 0 saturated carbocycles. The summed E-state index contributed by atoms with van der Waals surface area (Å²) in [5, 5.41) is 9.34. The van der Waals surface area contributed by atoms with Crippen LogP contribution in [0.5, 0.6) is 0 Å². The Morgan fingerprint density at radius 2 is 1.68 bits per heavy atom. The van der Waals surface area contributed by atoms with Crippen LogP contribution in [0.15, 0.2) is 0 Å². The summed E-state index contributed by atoms with van der Waals surface area (Å²) in [7, 11) is -4.81. The molecule has 0 aliphatic rings. The molecule has 19 heavy (non-hydrogen) atoms. The maximum atomic E-state index is 11.7. The van der Waals surface area contributed by atoms with E-state index in [1.165, 1.54) is 0 Å². The molecule has 1 N–H and O–H groups in total. The Kier molecular flexibility index (Phi) is 12.9. The van der Waals surface area contributed by atoms with Gasteiger partial charge in [0.25, 0.3) is 0 Å². The maximum Gasteiger partial charge on any atom is 1.00 e. The zero-order valence-corrected chi connectivity index (χ0v) is 14.9. The van der Waals surface area contributed by atoms with Crippen molar-refractivity contribution in [3.63, 3.8) is 0 Å². The van der Waals surface area contributed by atoms with Crippen LogP contribution < -0.4 is 29.6 Å². The van der Waals surface area contributed by atoms with Crippen molar-refractivity contribution in [2.24, 2.45) is 5.92 Å². The number of hydrogen-bond acceptors (Lipinski definition) is 5. The van der Waals surface area contributed by atoms with Crippen LogP contribution in [0.3, 0.4) is 0 Å². The fraction of sp³-hybridized carbons (Fsp3) is 0.917. The minimum absolute atomic E-state index is 0. The van der Waals surface area contributed by atoms with Gasteiger partial charge in [0.1, 0.15) is 15.9 Å². The van der Waals surface area contributed by atoms with Crippen molar-refractivity contribution < 1.29 is 52.4 Å². The van der Waals surface area contributed by atoms with Crippen molar-refractivity contribution in [1.82, 2.24) is 0 Å². The molecule has 0 bridgehead atoms. The van der Waals surface area contributed by atoms with Gasteiger partial charge >= 0.3 is 29.6 Å². The minimum atomic E-state index is -4.81. The van der Waals surface area contributed by atoms with E-state index in [0.717, 1.165) is 25.7 Å². The third-order valence-corrected chi connectivity index (χ3v) is 3.94. The molecule has 0 saturated heterocycles. The first-order valence-corrected chi connectivity index (χ1v) is 7.97. The van der Waals surface area contributed by atoms with Gasteiger partial charge in [-0.05, 0) is 12.8 Å². The Bertz CT molecular complexity index is 342. The minimum Gasteiger partial charge on any atom is -0.746 e. The van der Waals surface area contributed by atoms with Gasteiger partial charge < -0.3 is 9.66 Å². The van der Waals surface area contributed by atoms with E-state index in [-0.39, 0.29) is 48.2 Å². The Morgan fingerprint density at radius 1 is 1.16 bits per heavy atom. The summed E-state index contributed by atoms with van der Waals surface area (Å²) in [5.74, 6) is -1.42. The van der Waals surface area contributed by atoms with Crippen molar-refractivity contribution >= 4 is 15.9 Å². The van der Waals surface area contributed by atoms with Crippen LogP contribution in [0.25, 0.3) is 0 Å². The van der Waals surface area contributed by atoms with Crippen LogP contribution in [0.4, 0.5) is 0 Å². The van der Waals surface area contributed by atoms with E-state index in [1.807, 2.05) is 0 Å². The number of aliphatic hydroxyl groups excluding tert-OH is 1. The Balaban J connectivity index is 0. The number of hydrogen-bond donors (Lipinski definition) is 1. The van der Waals surface area contributed by atoms with Gasteiger partial charge in [0.2, 0.25) is 0 Å². The molecule has 2 atom stereocenters. The van der Waals surface area contributed by atoms with Gasteiger partial charge in [0.15, 0.2) is 5.44 Å². The third kappa shape index (κ3) is 9.15. The summed E-state index contributed by atoms with van der Waals surface area (Å²) < 4.78 is 32.1. The van der Waals surface area contributed by atoms with Gasteiger partial charge in [0.05, 0.1) is 5.92 Å². The van der Waals surface area contributed by atoms with Gasteiger partial charge in [0, 0.05) is 6.42 Å². The summed E-state index contributed by atoms with van der Waals surface area (Å²) in [6.45, 7) is 3.68. The van der Waals surface area contributed by atoms with Crippen LogP contribution in [-0.4, -0.2) is 29.3 Å². The molecule has 2 unspecified atom stereocenters. The first-order chi connectivity index (χ1) is 8.34. The van der Waals surface area contributed by atoms with Crippen molar-refractivity contribution in [3.8, 4) is 0 Å². The summed E-state index contributed by atoms with van der Waals surface area (Å²) in [4.78, 5) is 11.7. The summed E-state index contributed by atoms with van der Waals surface area (Å²) >= 11 is 0. The van der Waals surface area contributed by atoms with Crippen molar-refractivity contribution in [1.29, 1.82) is 0 Å². The fourth-order valence-corrected chi connectivity index (χ4v) is 2.62. The molecule has 0 amide bonds. The zero-order chi connectivity index (χ0) is 14.2. The molecule has 0 aliphatic carbocycles. The summed E-state index contributed by atoms with van der Waals surface area (Å²) in [6.07, 6.45) is 5.26. The average Bonchev–Trinajstić information content (AvgIpc) is 2.28. The number of carbonyl (C=O) groups is 1. The molecular weight excluding hydrogens is 279 g/mol. The second kappa shape index (κ2) is 11.2. The molecule has 0 radical (unpaired) electrons. The maximum absolute atomic E-state index is 11.7. The van der Waals surface area contributed by atoms with E-state index in [1.54, 1.807) is 6.92 Å². The fourth-order valence-electron chi connectivity index (χ4n) is 1.88. The number of rotatable bonds is 10. The van der Waals surface area contributed by atoms with Crippen LogP contribution >= 0.6 is 0 Å². The molecule has 0 aliphatic heterocycles. The van der Waals surface area contributed by atoms with Gasteiger partial charge in [-0.25, -0.2) is 8.42 Å². The first kappa shape index (κ1) is 21.8. The number of carbonyl (C=O) groups excluding carboxylic acids is 1. The van der Waals surface area contributed by atoms with Crippen molar-refractivity contribution in [2.75, 3.05) is 0 Å². The zero-order valence-electron chi connectivity index (χ0n) is 12.1. The Hall–Kier alpha value is 0.540. The summed E-state index contributed by atoms with van der Waals surface area (Å²) in [6, 6.07) is 0. The SMILES string of the molecule is CCCCCCCC(=O)C(CC)C(O)S(=O)(=O)[O-].[Na+]. The topological polar surface area (TPSA) is 94.5 Å². The number of unbranched alkanes of at least 4 members (excludes halogenated alkanes) is 4. The summed E-state index contributed by atoms with van der Waals surface area (Å²) in [5.41, 5.74) is -2.11. The van der Waals surface area contributed by atoms with Crippen LogP contribution in [0, 0.1) is 5.92 Å². The van der Waals surface area contributed by atoms with E-state index in [0.29, 0.717) is 6.42 Å². The Labute approximate surface area is 138 Å². The van der Waals surface area contributed by atoms with E-state index < -0.39 is 21.5 Å². The predicted molar refractivity (Wildman–Crippen MR) is 67.9 cm³/mol. The molecule has 108 valence electrons. The number of ketones is 1. The first-order valence-electron chi connectivity index (χ1n) is 6.50. The molecule has 0 rings (SSSR count). The molecule has 0 aromatic rings. The normalized spacial score (nSPS) is 14.5. The van der Waals surface area contributed by atoms with Crippen LogP contribution in [0.2, 0.25) is 0 Å². The third-order valence-electron chi connectivity index (χ3n) is 3.02. The van der Waals surface area contributed by atoms with E-state index in [4.69, 9.17) is 0 Å². The molecule has 0 heterocycles. The van der Waals surface area contributed by atoms with E-state index in [2.05, 4.69) is 6.92 Å². The average molecular weight is 302 g/mol. The van der Waals surface area contributed by atoms with E-state index >= 15 is 0 Å². The molecule has 7 heteroatoms. The van der Waals surface area contributed by atoms with Gasteiger partial charge in [-0.1, -0.05) is 39.5 Å². The molecule has 0 fully saturated rings. The molecule has 0 spiro atoms. The quantitative estimate of drug-likeness (QED) is 0.311. The molecule has 0 aromatic carbocycles. The molecule has 5 nitrogen and oxygen atoms in total. The van der Waals surface area contributed by atoms with Gasteiger partial charge in [-0.15, -0.1) is 0 Å². The monoisotopic (exact) mass is 302 g/mol. The standard InChI is InChI=1S/C12H24O5S.Na/c1-3-5-6-7-8-9-11(13)10(4-2)12(14)18(15,16)17;/h10,12,14H,3-9H2,1-2H3,(H,15,16,17);/q;+1/p-1. The second-order valence-corrected chi connectivity index (χ2v) is 6.00. The van der Waals surface area contributed by atoms with Crippen molar-refractivity contribution in [3.05, 3.63) is 0 Å². The molecular formula is C12H23NaO5S. The van der Waals surface area contributed by atoms with Gasteiger partial charge in [-0.2, -0.15) is 0 Å². The van der Waals surface area contributed by atoms with Crippen molar-refractivity contribution in [2.45, 2.75) is 64.2 Å². The number of aliphatic hydroxyl groups is 1. The predicted octanol–water partition coefficient (Wildman–Crippen LogP) is -1.19. The number of Topliss-reactive ketones (excluding diaryl/α,β-unsaturated/α-hetero) is 1. The molecule has 0 aromatic heterocycles. The van der Waals surface area contributed by atoms with Gasteiger partial charge in [-0.3, -0.25) is 4.79 Å². The van der Waals surface area contributed by atoms with Crippen LogP contribution in [0.1, 0.15) is 58.8 Å². The Morgan fingerprint density at radius 3 is 2.11 bits per heavy atom. The van der Waals surface area contributed by atoms with Crippen LogP contribution in [-0.2, 0) is 14.9 Å².